The molecule has 0 unspecified atom stereocenters. The van der Waals surface area contributed by atoms with Gasteiger partial charge in [0.1, 0.15) is 0 Å². The van der Waals surface area contributed by atoms with Crippen molar-refractivity contribution in [2.45, 2.75) is 37.5 Å². The molecule has 1 saturated heterocycles. The second kappa shape index (κ2) is 9.34. The average Bonchev–Trinajstić information content (AvgIpc) is 2.69. The van der Waals surface area contributed by atoms with Crippen molar-refractivity contribution in [1.82, 2.24) is 9.62 Å². The number of benzene rings is 2. The van der Waals surface area contributed by atoms with Gasteiger partial charge >= 0.3 is 0 Å². The minimum Gasteiger partial charge on any atom is -0.356 e. The highest BCUT2D eigenvalue weighted by Crippen LogP contribution is 2.25. The molecule has 0 aliphatic carbocycles. The number of hydrogen-bond acceptors (Lipinski definition) is 3. The Kier molecular flexibility index (Phi) is 6.86. The van der Waals surface area contributed by atoms with E-state index in [0.717, 1.165) is 24.8 Å². The first-order valence-corrected chi connectivity index (χ1v) is 11.3. The predicted molar refractivity (Wildman–Crippen MR) is 110 cm³/mol. The summed E-state index contributed by atoms with van der Waals surface area (Å²) in [5.74, 6) is 0.289. The van der Waals surface area contributed by atoms with Crippen molar-refractivity contribution in [3.8, 4) is 0 Å². The number of aryl methyl sites for hydroxylation is 1. The average molecular weight is 401 g/mol. The number of nitrogens with one attached hydrogen (secondary N) is 1. The van der Waals surface area contributed by atoms with Gasteiger partial charge in [-0.05, 0) is 49.8 Å². The topological polar surface area (TPSA) is 66.5 Å². The van der Waals surface area contributed by atoms with Crippen molar-refractivity contribution in [2.75, 3.05) is 19.6 Å². The van der Waals surface area contributed by atoms with Crippen LogP contribution in [0.4, 0.5) is 0 Å². The highest BCUT2D eigenvalue weighted by atomic mass is 32.2. The van der Waals surface area contributed by atoms with E-state index in [4.69, 9.17) is 0 Å². The maximum atomic E-state index is 12.8. The second-order valence-corrected chi connectivity index (χ2v) is 9.39. The van der Waals surface area contributed by atoms with Crippen LogP contribution >= 0.6 is 0 Å². The fourth-order valence-corrected chi connectivity index (χ4v) is 5.01. The first-order valence-electron chi connectivity index (χ1n) is 9.82. The molecule has 2 aromatic rings. The van der Waals surface area contributed by atoms with Gasteiger partial charge in [0.05, 0.1) is 4.90 Å². The first kappa shape index (κ1) is 20.6. The Hall–Kier alpha value is -2.18. The lowest BCUT2D eigenvalue weighted by atomic mass is 9.94. The van der Waals surface area contributed by atoms with Crippen LogP contribution in [0.15, 0.2) is 59.5 Å². The lowest BCUT2D eigenvalue weighted by molar-refractivity contribution is -0.122. The smallest absolute Gasteiger partial charge is 0.243 e. The van der Waals surface area contributed by atoms with Crippen LogP contribution in [0.5, 0.6) is 0 Å². The highest BCUT2D eigenvalue weighted by molar-refractivity contribution is 7.89. The lowest BCUT2D eigenvalue weighted by Gasteiger charge is -2.31. The number of hydrogen-bond donors (Lipinski definition) is 1. The summed E-state index contributed by atoms with van der Waals surface area (Å²) in [7, 11) is -3.44. The molecule has 5 nitrogen and oxygen atoms in total. The summed E-state index contributed by atoms with van der Waals surface area (Å²) in [6, 6.07) is 17.0. The molecule has 150 valence electrons. The zero-order valence-corrected chi connectivity index (χ0v) is 17.1. The highest BCUT2D eigenvalue weighted by Gasteiger charge is 2.30. The van der Waals surface area contributed by atoms with Crippen LogP contribution in [0.2, 0.25) is 0 Å². The van der Waals surface area contributed by atoms with E-state index in [2.05, 4.69) is 17.4 Å². The molecular formula is C22H28N2O3S. The Morgan fingerprint density at radius 2 is 1.68 bits per heavy atom. The largest absolute Gasteiger partial charge is 0.356 e. The minimum absolute atomic E-state index is 0.0516. The van der Waals surface area contributed by atoms with Crippen LogP contribution in [0.1, 0.15) is 30.4 Å². The van der Waals surface area contributed by atoms with Crippen molar-refractivity contribution in [3.05, 3.63) is 65.7 Å². The molecule has 2 aromatic carbocycles. The van der Waals surface area contributed by atoms with E-state index in [1.807, 2.05) is 37.3 Å². The molecule has 0 spiro atoms. The number of nitrogens with zero attached hydrogens (tertiary/aromatic N) is 1. The zero-order chi connectivity index (χ0) is 20.0. The Morgan fingerprint density at radius 1 is 1.04 bits per heavy atom. The van der Waals surface area contributed by atoms with Gasteiger partial charge in [0.2, 0.25) is 15.9 Å². The maximum Gasteiger partial charge on any atom is 0.243 e. The van der Waals surface area contributed by atoms with E-state index < -0.39 is 10.0 Å². The summed E-state index contributed by atoms with van der Waals surface area (Å²) < 4.78 is 27.0. The van der Waals surface area contributed by atoms with E-state index in [-0.39, 0.29) is 11.8 Å². The third-order valence-electron chi connectivity index (χ3n) is 5.28. The van der Waals surface area contributed by atoms with Crippen LogP contribution < -0.4 is 5.32 Å². The molecule has 3 rings (SSSR count). The summed E-state index contributed by atoms with van der Waals surface area (Å²) in [6.45, 7) is 3.51. The number of amides is 1. The van der Waals surface area contributed by atoms with E-state index in [1.165, 1.54) is 5.56 Å². The number of carbonyl (C=O) groups is 1. The number of rotatable bonds is 7. The Balaban J connectivity index is 1.43. The monoisotopic (exact) mass is 400 g/mol. The standard InChI is InChI=1S/C22H28N2O3S/c1-18-7-9-21(10-8-18)28(26,27)24-15-12-20(13-16-24)17-22(25)23-14-11-19-5-3-2-4-6-19/h2-10,20H,11-17H2,1H3,(H,23,25). The van der Waals surface area contributed by atoms with Gasteiger partial charge in [-0.2, -0.15) is 4.31 Å². The number of sulfonamides is 1. The van der Waals surface area contributed by atoms with E-state index in [9.17, 15) is 13.2 Å². The molecule has 0 saturated carbocycles. The van der Waals surface area contributed by atoms with Gasteiger partial charge in [0.15, 0.2) is 0 Å². The van der Waals surface area contributed by atoms with Gasteiger partial charge in [-0.3, -0.25) is 4.79 Å². The van der Waals surface area contributed by atoms with E-state index >= 15 is 0 Å². The fourth-order valence-electron chi connectivity index (χ4n) is 3.54. The summed E-state index contributed by atoms with van der Waals surface area (Å²) in [5.41, 5.74) is 2.24. The van der Waals surface area contributed by atoms with Gasteiger partial charge in [0.25, 0.3) is 0 Å². The third-order valence-corrected chi connectivity index (χ3v) is 7.20. The predicted octanol–water partition coefficient (Wildman–Crippen LogP) is 3.14. The fraction of sp³-hybridized carbons (Fsp3) is 0.409. The zero-order valence-electron chi connectivity index (χ0n) is 16.3. The van der Waals surface area contributed by atoms with Gasteiger partial charge in [-0.15, -0.1) is 0 Å². The van der Waals surface area contributed by atoms with Gasteiger partial charge in [-0.25, -0.2) is 8.42 Å². The molecule has 1 aliphatic heterocycles. The molecule has 28 heavy (non-hydrogen) atoms. The van der Waals surface area contributed by atoms with Crippen LogP contribution in [0, 0.1) is 12.8 Å². The molecule has 1 N–H and O–H groups in total. The third kappa shape index (κ3) is 5.42. The van der Waals surface area contributed by atoms with Crippen molar-refractivity contribution < 1.29 is 13.2 Å². The van der Waals surface area contributed by atoms with Crippen molar-refractivity contribution >= 4 is 15.9 Å². The molecule has 1 amide bonds. The van der Waals surface area contributed by atoms with E-state index in [0.29, 0.717) is 31.0 Å². The van der Waals surface area contributed by atoms with Gasteiger partial charge < -0.3 is 5.32 Å². The van der Waals surface area contributed by atoms with Crippen LogP contribution in [0.25, 0.3) is 0 Å². The summed E-state index contributed by atoms with van der Waals surface area (Å²) >= 11 is 0. The molecule has 1 aliphatic rings. The molecule has 0 bridgehead atoms. The molecule has 0 aromatic heterocycles. The molecule has 1 fully saturated rings. The van der Waals surface area contributed by atoms with Crippen molar-refractivity contribution in [2.24, 2.45) is 5.92 Å². The molecular weight excluding hydrogens is 372 g/mol. The molecule has 0 atom stereocenters. The maximum absolute atomic E-state index is 12.8. The van der Waals surface area contributed by atoms with Gasteiger partial charge in [0, 0.05) is 26.1 Å². The summed E-state index contributed by atoms with van der Waals surface area (Å²) in [4.78, 5) is 12.5. The van der Waals surface area contributed by atoms with Crippen LogP contribution in [-0.2, 0) is 21.2 Å². The van der Waals surface area contributed by atoms with Crippen molar-refractivity contribution in [1.29, 1.82) is 0 Å². The molecule has 0 radical (unpaired) electrons. The van der Waals surface area contributed by atoms with Crippen molar-refractivity contribution in [3.63, 3.8) is 0 Å². The Bertz CT molecular complexity index is 872. The first-order chi connectivity index (χ1) is 13.4. The van der Waals surface area contributed by atoms with Gasteiger partial charge in [-0.1, -0.05) is 48.0 Å². The minimum atomic E-state index is -3.44. The summed E-state index contributed by atoms with van der Waals surface area (Å²) in [5, 5.41) is 2.98. The molecule has 1 heterocycles. The number of carbonyl (C=O) groups excluding carboxylic acids is 1. The van der Waals surface area contributed by atoms with Crippen LogP contribution in [0.3, 0.4) is 0 Å². The SMILES string of the molecule is Cc1ccc(S(=O)(=O)N2CCC(CC(=O)NCCc3ccccc3)CC2)cc1. The second-order valence-electron chi connectivity index (χ2n) is 7.45. The molecule has 6 heteroatoms. The quantitative estimate of drug-likeness (QED) is 0.776. The lowest BCUT2D eigenvalue weighted by Crippen LogP contribution is -2.39. The summed E-state index contributed by atoms with van der Waals surface area (Å²) in [6.07, 6.45) is 2.72. The van der Waals surface area contributed by atoms with E-state index in [1.54, 1.807) is 16.4 Å². The van der Waals surface area contributed by atoms with Crippen LogP contribution in [-0.4, -0.2) is 38.3 Å². The normalized spacial score (nSPS) is 16.0. The Morgan fingerprint density at radius 3 is 2.32 bits per heavy atom. The number of piperidine rings is 1. The Labute approximate surface area is 167 Å².